The molecule has 0 fully saturated rings. The SMILES string of the molecule is CC(C)(C)OC(=O)Nc1cc(NC(=O)CCCn2nnc(-c3ccccc3)n2)ccc1F. The standard InChI is InChI=1S/C22H25FN6O3/c1-22(2,3)32-21(31)25-18-14-16(11-12-17(18)23)24-19(30)10-7-13-29-27-20(26-28-29)15-8-5-4-6-9-15/h4-6,8-9,11-12,14H,7,10,13H2,1-3H3,(H,24,30)(H,25,31). The minimum absolute atomic E-state index is 0.0858. The number of aromatic nitrogens is 4. The van der Waals surface area contributed by atoms with Crippen molar-refractivity contribution in [3.8, 4) is 11.4 Å². The Kier molecular flexibility index (Phi) is 7.14. The van der Waals surface area contributed by atoms with E-state index in [0.29, 0.717) is 24.5 Å². The molecule has 2 amide bonds. The van der Waals surface area contributed by atoms with Crippen molar-refractivity contribution in [1.82, 2.24) is 20.2 Å². The first kappa shape index (κ1) is 22.9. The normalized spacial score (nSPS) is 11.1. The Labute approximate surface area is 185 Å². The van der Waals surface area contributed by atoms with Gasteiger partial charge in [0.25, 0.3) is 0 Å². The van der Waals surface area contributed by atoms with Crippen LogP contribution in [0.5, 0.6) is 0 Å². The molecule has 0 saturated heterocycles. The molecule has 0 spiro atoms. The number of nitrogens with one attached hydrogen (secondary N) is 2. The maximum Gasteiger partial charge on any atom is 0.412 e. The quantitative estimate of drug-likeness (QED) is 0.568. The molecule has 0 radical (unpaired) electrons. The van der Waals surface area contributed by atoms with Gasteiger partial charge in [-0.1, -0.05) is 30.3 Å². The molecular weight excluding hydrogens is 415 g/mol. The molecule has 168 valence electrons. The van der Waals surface area contributed by atoms with Crippen molar-refractivity contribution in [2.75, 3.05) is 10.6 Å². The van der Waals surface area contributed by atoms with Crippen LogP contribution in [0.25, 0.3) is 11.4 Å². The van der Waals surface area contributed by atoms with E-state index < -0.39 is 17.5 Å². The van der Waals surface area contributed by atoms with E-state index in [9.17, 15) is 14.0 Å². The molecule has 9 nitrogen and oxygen atoms in total. The number of carbonyl (C=O) groups is 2. The number of hydrogen-bond donors (Lipinski definition) is 2. The number of tetrazole rings is 1. The maximum absolute atomic E-state index is 14.0. The predicted octanol–water partition coefficient (Wildman–Crippen LogP) is 4.25. The van der Waals surface area contributed by atoms with Gasteiger partial charge in [0.15, 0.2) is 0 Å². The average Bonchev–Trinajstić information content (AvgIpc) is 3.19. The number of amides is 2. The van der Waals surface area contributed by atoms with Crippen LogP contribution in [-0.2, 0) is 16.1 Å². The van der Waals surface area contributed by atoms with Crippen LogP contribution in [0.1, 0.15) is 33.6 Å². The molecule has 0 bridgehead atoms. The summed E-state index contributed by atoms with van der Waals surface area (Å²) < 4.78 is 19.1. The van der Waals surface area contributed by atoms with Gasteiger partial charge in [0, 0.05) is 17.7 Å². The highest BCUT2D eigenvalue weighted by Crippen LogP contribution is 2.21. The highest BCUT2D eigenvalue weighted by molar-refractivity contribution is 5.92. The summed E-state index contributed by atoms with van der Waals surface area (Å²) in [6.45, 7) is 5.53. The minimum Gasteiger partial charge on any atom is -0.444 e. The zero-order chi connectivity index (χ0) is 23.1. The van der Waals surface area contributed by atoms with E-state index in [1.54, 1.807) is 20.8 Å². The highest BCUT2D eigenvalue weighted by atomic mass is 19.1. The lowest BCUT2D eigenvalue weighted by atomic mass is 10.2. The Hall–Kier alpha value is -3.82. The second kappa shape index (κ2) is 9.99. The van der Waals surface area contributed by atoms with Crippen molar-refractivity contribution in [2.24, 2.45) is 0 Å². The second-order valence-electron chi connectivity index (χ2n) is 8.05. The van der Waals surface area contributed by atoms with E-state index in [2.05, 4.69) is 26.0 Å². The second-order valence-corrected chi connectivity index (χ2v) is 8.05. The van der Waals surface area contributed by atoms with E-state index in [4.69, 9.17) is 4.74 Å². The van der Waals surface area contributed by atoms with Crippen LogP contribution in [0.3, 0.4) is 0 Å². The number of anilines is 2. The molecule has 3 rings (SSSR count). The molecule has 0 atom stereocenters. The third kappa shape index (κ3) is 6.86. The molecule has 0 aliphatic heterocycles. The van der Waals surface area contributed by atoms with Crippen molar-refractivity contribution in [3.63, 3.8) is 0 Å². The van der Waals surface area contributed by atoms with Crippen LogP contribution in [-0.4, -0.2) is 37.8 Å². The lowest BCUT2D eigenvalue weighted by molar-refractivity contribution is -0.116. The molecule has 2 aromatic carbocycles. The molecule has 32 heavy (non-hydrogen) atoms. The number of hydrogen-bond acceptors (Lipinski definition) is 6. The Bertz CT molecular complexity index is 1080. The number of nitrogens with zero attached hydrogens (tertiary/aromatic N) is 4. The van der Waals surface area contributed by atoms with Crippen molar-refractivity contribution in [3.05, 3.63) is 54.3 Å². The van der Waals surface area contributed by atoms with Gasteiger partial charge < -0.3 is 10.1 Å². The summed E-state index contributed by atoms with van der Waals surface area (Å²) >= 11 is 0. The molecule has 3 aromatic rings. The van der Waals surface area contributed by atoms with Crippen LogP contribution in [0.2, 0.25) is 0 Å². The van der Waals surface area contributed by atoms with E-state index in [1.807, 2.05) is 30.3 Å². The van der Waals surface area contributed by atoms with Gasteiger partial charge >= 0.3 is 6.09 Å². The zero-order valence-corrected chi connectivity index (χ0v) is 18.1. The van der Waals surface area contributed by atoms with Crippen molar-refractivity contribution < 1.29 is 18.7 Å². The topological polar surface area (TPSA) is 111 Å². The summed E-state index contributed by atoms with van der Waals surface area (Å²) in [5, 5.41) is 17.4. The summed E-state index contributed by atoms with van der Waals surface area (Å²) in [5.74, 6) is -0.380. The number of rotatable bonds is 7. The number of carbonyl (C=O) groups excluding carboxylic acids is 2. The number of benzene rings is 2. The number of aryl methyl sites for hydroxylation is 1. The summed E-state index contributed by atoms with van der Waals surface area (Å²) in [4.78, 5) is 25.6. The molecule has 1 heterocycles. The van der Waals surface area contributed by atoms with Crippen molar-refractivity contribution >= 4 is 23.4 Å². The van der Waals surface area contributed by atoms with Gasteiger partial charge in [0.05, 0.1) is 12.2 Å². The minimum atomic E-state index is -0.782. The summed E-state index contributed by atoms with van der Waals surface area (Å²) in [5.41, 5.74) is 0.418. The first-order valence-corrected chi connectivity index (χ1v) is 10.1. The predicted molar refractivity (Wildman–Crippen MR) is 117 cm³/mol. The largest absolute Gasteiger partial charge is 0.444 e. The van der Waals surface area contributed by atoms with Crippen LogP contribution < -0.4 is 10.6 Å². The van der Waals surface area contributed by atoms with E-state index in [1.165, 1.54) is 16.9 Å². The van der Waals surface area contributed by atoms with Gasteiger partial charge in [0.1, 0.15) is 11.4 Å². The van der Waals surface area contributed by atoms with E-state index in [0.717, 1.165) is 11.6 Å². The zero-order valence-electron chi connectivity index (χ0n) is 18.1. The molecule has 10 heteroatoms. The fourth-order valence-corrected chi connectivity index (χ4v) is 2.76. The van der Waals surface area contributed by atoms with E-state index >= 15 is 0 Å². The first-order valence-electron chi connectivity index (χ1n) is 10.1. The van der Waals surface area contributed by atoms with Crippen LogP contribution in [0.4, 0.5) is 20.6 Å². The van der Waals surface area contributed by atoms with Crippen LogP contribution in [0.15, 0.2) is 48.5 Å². The Morgan fingerprint density at radius 1 is 1.09 bits per heavy atom. The molecule has 2 N–H and O–H groups in total. The van der Waals surface area contributed by atoms with Crippen molar-refractivity contribution in [2.45, 2.75) is 45.8 Å². The van der Waals surface area contributed by atoms with Gasteiger partial charge in [-0.2, -0.15) is 4.80 Å². The Morgan fingerprint density at radius 2 is 1.84 bits per heavy atom. The molecule has 0 unspecified atom stereocenters. The fourth-order valence-electron chi connectivity index (χ4n) is 2.76. The average molecular weight is 440 g/mol. The third-order valence-corrected chi connectivity index (χ3v) is 4.13. The monoisotopic (exact) mass is 440 g/mol. The summed E-state index contributed by atoms with van der Waals surface area (Å²) in [6, 6.07) is 13.4. The van der Waals surface area contributed by atoms with E-state index in [-0.39, 0.29) is 18.0 Å². The lowest BCUT2D eigenvalue weighted by Gasteiger charge is -2.20. The first-order chi connectivity index (χ1) is 15.2. The summed E-state index contributed by atoms with van der Waals surface area (Å²) in [7, 11) is 0. The highest BCUT2D eigenvalue weighted by Gasteiger charge is 2.18. The summed E-state index contributed by atoms with van der Waals surface area (Å²) in [6.07, 6.45) is -0.0928. The molecule has 0 aliphatic rings. The smallest absolute Gasteiger partial charge is 0.412 e. The number of halogens is 1. The van der Waals surface area contributed by atoms with Gasteiger partial charge in [-0.3, -0.25) is 10.1 Å². The maximum atomic E-state index is 14.0. The van der Waals surface area contributed by atoms with Crippen LogP contribution >= 0.6 is 0 Å². The number of ether oxygens (including phenoxy) is 1. The van der Waals surface area contributed by atoms with Crippen molar-refractivity contribution in [1.29, 1.82) is 0 Å². The fraction of sp³-hybridized carbons (Fsp3) is 0.318. The lowest BCUT2D eigenvalue weighted by Crippen LogP contribution is -2.27. The van der Waals surface area contributed by atoms with Gasteiger partial charge in [-0.25, -0.2) is 9.18 Å². The van der Waals surface area contributed by atoms with Gasteiger partial charge in [-0.15, -0.1) is 10.2 Å². The van der Waals surface area contributed by atoms with Gasteiger partial charge in [-0.05, 0) is 50.6 Å². The molecular formula is C22H25FN6O3. The molecule has 1 aromatic heterocycles. The Balaban J connectivity index is 1.50. The van der Waals surface area contributed by atoms with Gasteiger partial charge in [0.2, 0.25) is 11.7 Å². The third-order valence-electron chi connectivity index (χ3n) is 4.13. The Morgan fingerprint density at radius 3 is 2.56 bits per heavy atom. The molecule has 0 saturated carbocycles. The van der Waals surface area contributed by atoms with Crippen LogP contribution in [0, 0.1) is 5.82 Å². The molecule has 0 aliphatic carbocycles.